The molecule has 78 valence electrons. The molecule has 0 amide bonds. The summed E-state index contributed by atoms with van der Waals surface area (Å²) in [4.78, 5) is 0. The van der Waals surface area contributed by atoms with Crippen LogP contribution in [0.4, 0.5) is 0 Å². The number of sulfonamides is 1. The second kappa shape index (κ2) is 3.94. The van der Waals surface area contributed by atoms with Gasteiger partial charge < -0.3 is 5.73 Å². The van der Waals surface area contributed by atoms with Crippen molar-refractivity contribution in [3.63, 3.8) is 0 Å². The van der Waals surface area contributed by atoms with Gasteiger partial charge in [0, 0.05) is 19.1 Å². The fourth-order valence-corrected chi connectivity index (χ4v) is 2.65. The van der Waals surface area contributed by atoms with Gasteiger partial charge in [0.2, 0.25) is 10.0 Å². The summed E-state index contributed by atoms with van der Waals surface area (Å²) in [6.45, 7) is 3.23. The number of nitrogens with two attached hydrogens (primary N) is 1. The Morgan fingerprint density at radius 2 is 2.15 bits per heavy atom. The molecule has 0 spiro atoms. The van der Waals surface area contributed by atoms with Gasteiger partial charge in [-0.2, -0.15) is 0 Å². The van der Waals surface area contributed by atoms with E-state index < -0.39 is 10.0 Å². The summed E-state index contributed by atoms with van der Waals surface area (Å²) < 4.78 is 24.0. The van der Waals surface area contributed by atoms with E-state index in [1.165, 1.54) is 10.6 Å². The Hall–Kier alpha value is -0.130. The van der Waals surface area contributed by atoms with Gasteiger partial charge in [-0.05, 0) is 12.3 Å². The summed E-state index contributed by atoms with van der Waals surface area (Å²) >= 11 is 0. The van der Waals surface area contributed by atoms with Crippen LogP contribution in [0, 0.1) is 5.92 Å². The number of nitrogens with zero attached hydrogens (tertiary/aromatic N) is 1. The zero-order chi connectivity index (χ0) is 10.1. The zero-order valence-corrected chi connectivity index (χ0v) is 9.05. The van der Waals surface area contributed by atoms with Crippen LogP contribution in [0.5, 0.6) is 0 Å². The van der Waals surface area contributed by atoms with E-state index in [2.05, 4.69) is 6.92 Å². The number of rotatable bonds is 2. The highest BCUT2D eigenvalue weighted by Gasteiger charge is 2.29. The summed E-state index contributed by atoms with van der Waals surface area (Å²) in [5.41, 5.74) is 5.87. The van der Waals surface area contributed by atoms with Crippen LogP contribution >= 0.6 is 0 Å². The van der Waals surface area contributed by atoms with Gasteiger partial charge in [-0.15, -0.1) is 0 Å². The standard InChI is InChI=1S/C8H18N2O2S/c1-3-7-6-10(13(2,11)12)5-4-8(7)9/h7-8H,3-6,9H2,1-2H3/t7-,8+/m0/s1. The van der Waals surface area contributed by atoms with Crippen LogP contribution in [0.2, 0.25) is 0 Å². The Balaban J connectivity index is 2.65. The number of hydrogen-bond donors (Lipinski definition) is 1. The normalized spacial score (nSPS) is 31.9. The second-order valence-corrected chi connectivity index (χ2v) is 5.72. The van der Waals surface area contributed by atoms with E-state index in [0.29, 0.717) is 19.0 Å². The smallest absolute Gasteiger partial charge is 0.211 e. The van der Waals surface area contributed by atoms with Crippen LogP contribution in [-0.4, -0.2) is 38.1 Å². The fourth-order valence-electron chi connectivity index (χ4n) is 1.75. The maximum absolute atomic E-state index is 11.2. The van der Waals surface area contributed by atoms with Gasteiger partial charge in [-0.1, -0.05) is 13.3 Å². The first kappa shape index (κ1) is 10.9. The number of hydrogen-bond acceptors (Lipinski definition) is 3. The van der Waals surface area contributed by atoms with Gasteiger partial charge in [0.05, 0.1) is 6.26 Å². The summed E-state index contributed by atoms with van der Waals surface area (Å²) in [6.07, 6.45) is 3.00. The molecule has 5 heteroatoms. The predicted octanol–water partition coefficient (Wildman–Crippen LogP) is 0.00520. The van der Waals surface area contributed by atoms with Crippen molar-refractivity contribution in [3.05, 3.63) is 0 Å². The molecule has 0 aliphatic carbocycles. The first-order valence-corrected chi connectivity index (χ1v) is 6.50. The predicted molar refractivity (Wildman–Crippen MR) is 52.8 cm³/mol. The Kier molecular flexibility index (Phi) is 3.32. The first-order chi connectivity index (χ1) is 5.95. The van der Waals surface area contributed by atoms with Gasteiger partial charge in [-0.25, -0.2) is 12.7 Å². The van der Waals surface area contributed by atoms with Crippen molar-refractivity contribution in [1.82, 2.24) is 4.31 Å². The third kappa shape index (κ3) is 2.65. The van der Waals surface area contributed by atoms with Gasteiger partial charge in [0.15, 0.2) is 0 Å². The van der Waals surface area contributed by atoms with Gasteiger partial charge in [-0.3, -0.25) is 0 Å². The minimum atomic E-state index is -3.01. The highest BCUT2D eigenvalue weighted by atomic mass is 32.2. The van der Waals surface area contributed by atoms with E-state index in [0.717, 1.165) is 12.8 Å². The minimum absolute atomic E-state index is 0.169. The molecule has 0 aromatic rings. The van der Waals surface area contributed by atoms with E-state index in [1.54, 1.807) is 0 Å². The maximum atomic E-state index is 11.2. The molecule has 2 N–H and O–H groups in total. The van der Waals surface area contributed by atoms with Crippen molar-refractivity contribution in [2.75, 3.05) is 19.3 Å². The van der Waals surface area contributed by atoms with Crippen molar-refractivity contribution < 1.29 is 8.42 Å². The molecule has 1 aliphatic rings. The summed E-state index contributed by atoms with van der Waals surface area (Å²) in [6, 6.07) is 0.169. The Morgan fingerprint density at radius 1 is 1.54 bits per heavy atom. The molecular weight excluding hydrogens is 188 g/mol. The molecule has 0 unspecified atom stereocenters. The fraction of sp³-hybridized carbons (Fsp3) is 1.00. The third-order valence-electron chi connectivity index (χ3n) is 2.75. The molecule has 0 aromatic carbocycles. The van der Waals surface area contributed by atoms with Crippen LogP contribution in [0.3, 0.4) is 0 Å². The molecule has 13 heavy (non-hydrogen) atoms. The molecule has 0 radical (unpaired) electrons. The molecular formula is C8H18N2O2S. The SMILES string of the molecule is CC[C@H]1CN(S(C)(=O)=O)CC[C@H]1N. The molecule has 0 aromatic heterocycles. The second-order valence-electron chi connectivity index (χ2n) is 3.74. The molecule has 4 nitrogen and oxygen atoms in total. The molecule has 1 aliphatic heterocycles. The van der Waals surface area contributed by atoms with Crippen molar-refractivity contribution in [3.8, 4) is 0 Å². The molecule has 1 heterocycles. The third-order valence-corrected chi connectivity index (χ3v) is 4.02. The van der Waals surface area contributed by atoms with E-state index >= 15 is 0 Å². The van der Waals surface area contributed by atoms with Crippen molar-refractivity contribution in [2.45, 2.75) is 25.8 Å². The molecule has 1 rings (SSSR count). The Bertz CT molecular complexity index is 263. The number of piperidine rings is 1. The average Bonchev–Trinajstić information content (AvgIpc) is 2.03. The van der Waals surface area contributed by atoms with Crippen molar-refractivity contribution >= 4 is 10.0 Å². The quantitative estimate of drug-likeness (QED) is 0.692. The van der Waals surface area contributed by atoms with Gasteiger partial charge in [0.25, 0.3) is 0 Å². The monoisotopic (exact) mass is 206 g/mol. The van der Waals surface area contributed by atoms with Crippen LogP contribution in [0.1, 0.15) is 19.8 Å². The highest BCUT2D eigenvalue weighted by Crippen LogP contribution is 2.20. The zero-order valence-electron chi connectivity index (χ0n) is 8.23. The molecule has 1 fully saturated rings. The van der Waals surface area contributed by atoms with Crippen molar-refractivity contribution in [1.29, 1.82) is 0 Å². The molecule has 0 saturated carbocycles. The maximum Gasteiger partial charge on any atom is 0.211 e. The van der Waals surface area contributed by atoms with Crippen LogP contribution < -0.4 is 5.73 Å². The largest absolute Gasteiger partial charge is 0.327 e. The topological polar surface area (TPSA) is 63.4 Å². The van der Waals surface area contributed by atoms with E-state index in [1.807, 2.05) is 0 Å². The van der Waals surface area contributed by atoms with E-state index in [4.69, 9.17) is 5.73 Å². The summed E-state index contributed by atoms with van der Waals surface area (Å²) in [5, 5.41) is 0. The van der Waals surface area contributed by atoms with Crippen LogP contribution in [-0.2, 0) is 10.0 Å². The summed E-state index contributed by atoms with van der Waals surface area (Å²) in [7, 11) is -3.01. The average molecular weight is 206 g/mol. The van der Waals surface area contributed by atoms with Gasteiger partial charge in [0.1, 0.15) is 0 Å². The lowest BCUT2D eigenvalue weighted by Crippen LogP contribution is -2.48. The highest BCUT2D eigenvalue weighted by molar-refractivity contribution is 7.88. The molecule has 0 bridgehead atoms. The molecule has 2 atom stereocenters. The molecule has 1 saturated heterocycles. The minimum Gasteiger partial charge on any atom is -0.327 e. The van der Waals surface area contributed by atoms with Crippen LogP contribution in [0.15, 0.2) is 0 Å². The van der Waals surface area contributed by atoms with Gasteiger partial charge >= 0.3 is 0 Å². The van der Waals surface area contributed by atoms with Crippen LogP contribution in [0.25, 0.3) is 0 Å². The Labute approximate surface area is 80.1 Å². The lowest BCUT2D eigenvalue weighted by Gasteiger charge is -2.34. The summed E-state index contributed by atoms with van der Waals surface area (Å²) in [5.74, 6) is 0.323. The Morgan fingerprint density at radius 3 is 2.62 bits per heavy atom. The first-order valence-electron chi connectivity index (χ1n) is 4.66. The van der Waals surface area contributed by atoms with Crippen molar-refractivity contribution in [2.24, 2.45) is 11.7 Å². The van der Waals surface area contributed by atoms with E-state index in [9.17, 15) is 8.42 Å². The lowest BCUT2D eigenvalue weighted by atomic mass is 9.92. The van der Waals surface area contributed by atoms with E-state index in [-0.39, 0.29) is 6.04 Å². The lowest BCUT2D eigenvalue weighted by molar-refractivity contribution is 0.231.